The first-order valence-corrected chi connectivity index (χ1v) is 5.50. The van der Waals surface area contributed by atoms with Gasteiger partial charge in [-0.3, -0.25) is 0 Å². The Morgan fingerprint density at radius 2 is 1.92 bits per heavy atom. The quantitative estimate of drug-likeness (QED) is 0.747. The van der Waals surface area contributed by atoms with Crippen molar-refractivity contribution in [3.63, 3.8) is 0 Å². The summed E-state index contributed by atoms with van der Waals surface area (Å²) in [5.41, 5.74) is 0.444. The van der Waals surface area contributed by atoms with E-state index in [9.17, 15) is 13.5 Å². The third-order valence-corrected chi connectivity index (χ3v) is 2.24. The Hall–Kier alpha value is -1.03. The van der Waals surface area contributed by atoms with Crippen molar-refractivity contribution in [1.29, 1.82) is 0 Å². The van der Waals surface area contributed by atoms with E-state index in [2.05, 4.69) is 0 Å². The molecule has 66 valence electrons. The molecule has 0 aromatic heterocycles. The molecule has 0 spiro atoms. The molecular weight excluding hydrogens is 176 g/mol. The van der Waals surface area contributed by atoms with Crippen LogP contribution in [0.15, 0.2) is 24.3 Å². The first-order chi connectivity index (χ1) is 5.49. The van der Waals surface area contributed by atoms with E-state index in [4.69, 9.17) is 0 Å². The molecule has 1 rings (SSSR count). The van der Waals surface area contributed by atoms with Crippen LogP contribution in [0.5, 0.6) is 5.75 Å². The zero-order valence-electron chi connectivity index (χ0n) is 6.69. The smallest absolute Gasteiger partial charge is 0.151 e. The predicted molar refractivity (Wildman–Crippen MR) is 46.7 cm³/mol. The van der Waals surface area contributed by atoms with Gasteiger partial charge >= 0.3 is 0 Å². The van der Waals surface area contributed by atoms with E-state index in [1.807, 2.05) is 0 Å². The van der Waals surface area contributed by atoms with Crippen molar-refractivity contribution in [2.24, 2.45) is 0 Å². The fraction of sp³-hybridized carbons (Fsp3) is 0.250. The Kier molecular flexibility index (Phi) is 2.38. The summed E-state index contributed by atoms with van der Waals surface area (Å²) in [6.07, 6.45) is 1.14. The van der Waals surface area contributed by atoms with Gasteiger partial charge in [-0.2, -0.15) is 0 Å². The number of phenols is 1. The Morgan fingerprint density at radius 1 is 1.33 bits per heavy atom. The standard InChI is InChI=1S/C8H10O3S/c1-12(10,11)6-7-4-2-3-5-8(7)9/h2-5,9H,6H2,1H3. The lowest BCUT2D eigenvalue weighted by Gasteiger charge is -2.00. The van der Waals surface area contributed by atoms with E-state index in [0.29, 0.717) is 5.56 Å². The Labute approximate surface area is 71.6 Å². The molecule has 1 N–H and O–H groups in total. The summed E-state index contributed by atoms with van der Waals surface area (Å²) in [5, 5.41) is 9.21. The topological polar surface area (TPSA) is 54.4 Å². The normalized spacial score (nSPS) is 11.4. The SMILES string of the molecule is CS(=O)(=O)Cc1ccccc1O. The van der Waals surface area contributed by atoms with Gasteiger partial charge in [0.1, 0.15) is 5.75 Å². The second kappa shape index (κ2) is 3.15. The van der Waals surface area contributed by atoms with E-state index in [-0.39, 0.29) is 11.5 Å². The van der Waals surface area contributed by atoms with Crippen molar-refractivity contribution in [2.45, 2.75) is 5.75 Å². The highest BCUT2D eigenvalue weighted by molar-refractivity contribution is 7.89. The van der Waals surface area contributed by atoms with Gasteiger partial charge in [0, 0.05) is 11.8 Å². The molecule has 3 nitrogen and oxygen atoms in total. The van der Waals surface area contributed by atoms with E-state index in [1.54, 1.807) is 18.2 Å². The minimum Gasteiger partial charge on any atom is -0.508 e. The molecule has 0 radical (unpaired) electrons. The van der Waals surface area contributed by atoms with Gasteiger partial charge in [-0.25, -0.2) is 8.42 Å². The number of benzene rings is 1. The van der Waals surface area contributed by atoms with Crippen LogP contribution in [0.3, 0.4) is 0 Å². The van der Waals surface area contributed by atoms with Gasteiger partial charge in [-0.1, -0.05) is 18.2 Å². The molecule has 0 atom stereocenters. The van der Waals surface area contributed by atoms with Gasteiger partial charge in [-0.05, 0) is 6.07 Å². The molecule has 1 aromatic rings. The van der Waals surface area contributed by atoms with Gasteiger partial charge < -0.3 is 5.11 Å². The molecule has 0 amide bonds. The van der Waals surface area contributed by atoms with Crippen LogP contribution in [-0.2, 0) is 15.6 Å². The van der Waals surface area contributed by atoms with Crippen LogP contribution in [0.4, 0.5) is 0 Å². The van der Waals surface area contributed by atoms with Gasteiger partial charge in [0.25, 0.3) is 0 Å². The van der Waals surface area contributed by atoms with Crippen LogP contribution < -0.4 is 0 Å². The van der Waals surface area contributed by atoms with E-state index in [0.717, 1.165) is 6.26 Å². The van der Waals surface area contributed by atoms with Crippen LogP contribution in [0, 0.1) is 0 Å². The molecule has 0 aliphatic rings. The zero-order valence-corrected chi connectivity index (χ0v) is 7.50. The lowest BCUT2D eigenvalue weighted by molar-refractivity contribution is 0.470. The van der Waals surface area contributed by atoms with Crippen molar-refractivity contribution in [1.82, 2.24) is 0 Å². The minimum absolute atomic E-state index is 0.0305. The maximum absolute atomic E-state index is 10.8. The van der Waals surface area contributed by atoms with E-state index < -0.39 is 9.84 Å². The number of sulfone groups is 1. The molecule has 0 saturated heterocycles. The van der Waals surface area contributed by atoms with E-state index in [1.165, 1.54) is 6.07 Å². The molecule has 12 heavy (non-hydrogen) atoms. The number of phenolic OH excluding ortho intramolecular Hbond substituents is 1. The van der Waals surface area contributed by atoms with Crippen molar-refractivity contribution in [3.05, 3.63) is 29.8 Å². The summed E-state index contributed by atoms with van der Waals surface area (Å²) in [6, 6.07) is 6.41. The maximum Gasteiger partial charge on any atom is 0.151 e. The molecular formula is C8H10O3S. The minimum atomic E-state index is -3.06. The van der Waals surface area contributed by atoms with E-state index >= 15 is 0 Å². The summed E-state index contributed by atoms with van der Waals surface area (Å²) in [4.78, 5) is 0. The number of hydrogen-bond acceptors (Lipinski definition) is 3. The lowest BCUT2D eigenvalue weighted by Crippen LogP contribution is -2.00. The molecule has 0 bridgehead atoms. The first-order valence-electron chi connectivity index (χ1n) is 3.43. The average molecular weight is 186 g/mol. The van der Waals surface area contributed by atoms with Crippen molar-refractivity contribution in [2.75, 3.05) is 6.26 Å². The number of aromatic hydroxyl groups is 1. The largest absolute Gasteiger partial charge is 0.508 e. The van der Waals surface area contributed by atoms with Crippen LogP contribution in [0.2, 0.25) is 0 Å². The van der Waals surface area contributed by atoms with Crippen molar-refractivity contribution >= 4 is 9.84 Å². The zero-order chi connectivity index (χ0) is 9.19. The van der Waals surface area contributed by atoms with Crippen molar-refractivity contribution in [3.8, 4) is 5.75 Å². The maximum atomic E-state index is 10.8. The Balaban J connectivity index is 2.98. The molecule has 0 fully saturated rings. The number of para-hydroxylation sites is 1. The van der Waals surface area contributed by atoms with Crippen molar-refractivity contribution < 1.29 is 13.5 Å². The first kappa shape index (κ1) is 9.06. The summed E-state index contributed by atoms with van der Waals surface area (Å²) in [6.45, 7) is 0. The highest BCUT2D eigenvalue weighted by atomic mass is 32.2. The van der Waals surface area contributed by atoms with Gasteiger partial charge in [-0.15, -0.1) is 0 Å². The molecule has 0 heterocycles. The third kappa shape index (κ3) is 2.54. The summed E-state index contributed by atoms with van der Waals surface area (Å²) < 4.78 is 21.7. The molecule has 0 unspecified atom stereocenters. The second-order valence-electron chi connectivity index (χ2n) is 2.70. The molecule has 0 aliphatic carbocycles. The van der Waals surface area contributed by atoms with Gasteiger partial charge in [0.15, 0.2) is 9.84 Å². The summed E-state index contributed by atoms with van der Waals surface area (Å²) >= 11 is 0. The second-order valence-corrected chi connectivity index (χ2v) is 4.84. The summed E-state index contributed by atoms with van der Waals surface area (Å²) in [5.74, 6) is -0.0809. The highest BCUT2D eigenvalue weighted by Gasteiger charge is 2.07. The highest BCUT2D eigenvalue weighted by Crippen LogP contribution is 2.17. The van der Waals surface area contributed by atoms with Crippen LogP contribution in [0.25, 0.3) is 0 Å². The predicted octanol–water partition coefficient (Wildman–Crippen LogP) is 0.937. The van der Waals surface area contributed by atoms with Crippen LogP contribution in [0.1, 0.15) is 5.56 Å². The fourth-order valence-electron chi connectivity index (χ4n) is 0.915. The summed E-state index contributed by atoms with van der Waals surface area (Å²) in [7, 11) is -3.06. The van der Waals surface area contributed by atoms with Crippen LogP contribution >= 0.6 is 0 Å². The molecule has 0 saturated carbocycles. The lowest BCUT2D eigenvalue weighted by atomic mass is 10.2. The number of rotatable bonds is 2. The molecule has 4 heteroatoms. The molecule has 1 aromatic carbocycles. The van der Waals surface area contributed by atoms with Gasteiger partial charge in [0.05, 0.1) is 5.75 Å². The van der Waals surface area contributed by atoms with Gasteiger partial charge in [0.2, 0.25) is 0 Å². The Morgan fingerprint density at radius 3 is 2.42 bits per heavy atom. The number of hydrogen-bond donors (Lipinski definition) is 1. The third-order valence-electron chi connectivity index (χ3n) is 1.41. The van der Waals surface area contributed by atoms with Crippen LogP contribution in [-0.4, -0.2) is 19.8 Å². The average Bonchev–Trinajstić information content (AvgIpc) is 1.91. The Bertz CT molecular complexity index is 368. The fourth-order valence-corrected chi connectivity index (χ4v) is 1.72. The molecule has 0 aliphatic heterocycles. The monoisotopic (exact) mass is 186 g/mol.